The summed E-state index contributed by atoms with van der Waals surface area (Å²) < 4.78 is 5.11. The van der Waals surface area contributed by atoms with Gasteiger partial charge >= 0.3 is 5.97 Å². The zero-order chi connectivity index (χ0) is 28.3. The van der Waals surface area contributed by atoms with Crippen LogP contribution in [-0.2, 0) is 27.2 Å². The van der Waals surface area contributed by atoms with Crippen molar-refractivity contribution in [1.82, 2.24) is 0 Å². The van der Waals surface area contributed by atoms with Crippen molar-refractivity contribution in [1.29, 1.82) is 0 Å². The van der Waals surface area contributed by atoms with E-state index in [1.165, 1.54) is 35.1 Å². The second kappa shape index (κ2) is 12.2. The van der Waals surface area contributed by atoms with Gasteiger partial charge in [-0.15, -0.1) is 23.1 Å². The summed E-state index contributed by atoms with van der Waals surface area (Å²) in [5.41, 5.74) is 2.33. The summed E-state index contributed by atoms with van der Waals surface area (Å²) in [7, 11) is 1.39. The fraction of sp³-hybridized carbons (Fsp3) is 0.567. The van der Waals surface area contributed by atoms with Gasteiger partial charge in [-0.05, 0) is 66.2 Å². The maximum Gasteiger partial charge on any atom is 0.341 e. The molecule has 208 valence electrons. The second-order valence-corrected chi connectivity index (χ2v) is 14.7. The molecule has 0 aliphatic heterocycles. The average Bonchev–Trinajstić information content (AvgIpc) is 3.17. The van der Waals surface area contributed by atoms with E-state index in [9.17, 15) is 14.4 Å². The van der Waals surface area contributed by atoms with Crippen LogP contribution in [0.4, 0.5) is 10.7 Å². The first kappa shape index (κ1) is 30.2. The Balaban J connectivity index is 1.76. The van der Waals surface area contributed by atoms with Gasteiger partial charge in [-0.3, -0.25) is 9.59 Å². The van der Waals surface area contributed by atoms with Crippen molar-refractivity contribution in [2.45, 2.75) is 90.7 Å². The molecular weight excluding hydrogens is 516 g/mol. The first-order chi connectivity index (χ1) is 17.7. The van der Waals surface area contributed by atoms with Gasteiger partial charge in [0.25, 0.3) is 0 Å². The Bertz CT molecular complexity index is 1170. The molecule has 2 unspecified atom stereocenters. The zero-order valence-corrected chi connectivity index (χ0v) is 25.6. The van der Waals surface area contributed by atoms with Crippen LogP contribution < -0.4 is 10.6 Å². The van der Waals surface area contributed by atoms with E-state index in [0.717, 1.165) is 29.7 Å². The molecule has 1 aromatic heterocycles. The number of esters is 1. The summed E-state index contributed by atoms with van der Waals surface area (Å²) >= 11 is 2.97. The average molecular weight is 559 g/mol. The van der Waals surface area contributed by atoms with Crippen molar-refractivity contribution in [3.8, 4) is 0 Å². The van der Waals surface area contributed by atoms with Gasteiger partial charge in [0.05, 0.1) is 17.9 Å². The molecule has 0 bridgehead atoms. The van der Waals surface area contributed by atoms with Crippen molar-refractivity contribution in [2.75, 3.05) is 17.7 Å². The first-order valence-corrected chi connectivity index (χ1v) is 15.0. The van der Waals surface area contributed by atoms with E-state index in [2.05, 4.69) is 31.4 Å². The third-order valence-corrected chi connectivity index (χ3v) is 9.39. The van der Waals surface area contributed by atoms with Crippen LogP contribution in [0.5, 0.6) is 0 Å². The zero-order valence-electron chi connectivity index (χ0n) is 23.9. The topological polar surface area (TPSA) is 84.5 Å². The van der Waals surface area contributed by atoms with E-state index in [1.807, 2.05) is 52.0 Å². The molecule has 1 aliphatic rings. The van der Waals surface area contributed by atoms with Gasteiger partial charge in [-0.25, -0.2) is 4.79 Å². The number of hydrogen-bond acceptors (Lipinski definition) is 6. The van der Waals surface area contributed by atoms with E-state index in [0.29, 0.717) is 35.0 Å². The maximum atomic E-state index is 13.4. The maximum absolute atomic E-state index is 13.4. The van der Waals surface area contributed by atoms with Crippen molar-refractivity contribution >= 4 is 51.6 Å². The highest BCUT2D eigenvalue weighted by molar-refractivity contribution is 8.00. The van der Waals surface area contributed by atoms with E-state index < -0.39 is 5.97 Å². The number of anilines is 2. The third kappa shape index (κ3) is 7.85. The molecule has 0 fully saturated rings. The van der Waals surface area contributed by atoms with Crippen LogP contribution in [0.2, 0.25) is 0 Å². The molecule has 6 nitrogen and oxygen atoms in total. The monoisotopic (exact) mass is 558 g/mol. The lowest BCUT2D eigenvalue weighted by atomic mass is 9.72. The molecule has 0 spiro atoms. The van der Waals surface area contributed by atoms with E-state index in [-0.39, 0.29) is 27.9 Å². The number of benzene rings is 1. The van der Waals surface area contributed by atoms with Gasteiger partial charge in [0.15, 0.2) is 0 Å². The Kier molecular flexibility index (Phi) is 9.74. The number of nitrogens with one attached hydrogen (secondary N) is 2. The molecule has 1 aliphatic carbocycles. The quantitative estimate of drug-likeness (QED) is 0.258. The van der Waals surface area contributed by atoms with Crippen LogP contribution in [0.25, 0.3) is 0 Å². The van der Waals surface area contributed by atoms with Gasteiger partial charge in [0, 0.05) is 21.9 Å². The first-order valence-electron chi connectivity index (χ1n) is 13.3. The van der Waals surface area contributed by atoms with E-state index in [4.69, 9.17) is 4.74 Å². The number of thiophene rings is 1. The van der Waals surface area contributed by atoms with Crippen LogP contribution in [0.3, 0.4) is 0 Å². The van der Waals surface area contributed by atoms with Crippen molar-refractivity contribution in [2.24, 2.45) is 16.7 Å². The number of fused-ring (bicyclic) bond motifs is 1. The normalized spacial score (nSPS) is 16.4. The molecule has 0 saturated heterocycles. The molecule has 0 saturated carbocycles. The number of ether oxygens (including phenoxy) is 1. The molecule has 38 heavy (non-hydrogen) atoms. The fourth-order valence-electron chi connectivity index (χ4n) is 4.74. The van der Waals surface area contributed by atoms with Gasteiger partial charge in [-0.2, -0.15) is 0 Å². The lowest BCUT2D eigenvalue weighted by Gasteiger charge is -2.33. The Morgan fingerprint density at radius 2 is 1.84 bits per heavy atom. The van der Waals surface area contributed by atoms with Crippen LogP contribution in [0.1, 0.15) is 88.5 Å². The molecule has 2 atom stereocenters. The number of methoxy groups -OCH3 is 1. The summed E-state index contributed by atoms with van der Waals surface area (Å²) in [6, 6.07) is 7.58. The van der Waals surface area contributed by atoms with Crippen molar-refractivity contribution in [3.63, 3.8) is 0 Å². The van der Waals surface area contributed by atoms with Crippen LogP contribution in [0, 0.1) is 16.7 Å². The summed E-state index contributed by atoms with van der Waals surface area (Å²) in [4.78, 5) is 40.6. The molecule has 8 heteroatoms. The highest BCUT2D eigenvalue weighted by atomic mass is 32.2. The number of amides is 2. The molecule has 2 amide bonds. The minimum atomic E-state index is -0.397. The number of thioether (sulfide) groups is 1. The number of hydrogen-bond donors (Lipinski definition) is 2. The third-order valence-electron chi connectivity index (χ3n) is 6.87. The summed E-state index contributed by atoms with van der Waals surface area (Å²) in [5, 5.41) is 6.26. The largest absolute Gasteiger partial charge is 0.465 e. The van der Waals surface area contributed by atoms with E-state index >= 15 is 0 Å². The molecule has 1 aromatic carbocycles. The van der Waals surface area contributed by atoms with Gasteiger partial charge in [0.1, 0.15) is 5.00 Å². The molecule has 2 N–H and O–H groups in total. The van der Waals surface area contributed by atoms with E-state index in [1.54, 1.807) is 0 Å². The fourth-order valence-corrected chi connectivity index (χ4v) is 7.08. The Labute approximate surface area is 235 Å². The number of rotatable bonds is 8. The lowest BCUT2D eigenvalue weighted by molar-refractivity contribution is -0.118. The van der Waals surface area contributed by atoms with Crippen LogP contribution in [-0.4, -0.2) is 30.1 Å². The minimum absolute atomic E-state index is 0.0323. The summed E-state index contributed by atoms with van der Waals surface area (Å²) in [6.45, 7) is 14.8. The Morgan fingerprint density at radius 3 is 2.45 bits per heavy atom. The molecule has 2 aromatic rings. The smallest absolute Gasteiger partial charge is 0.341 e. The van der Waals surface area contributed by atoms with Crippen molar-refractivity contribution < 1.29 is 19.1 Å². The van der Waals surface area contributed by atoms with Crippen molar-refractivity contribution in [3.05, 3.63) is 40.3 Å². The highest BCUT2D eigenvalue weighted by Crippen LogP contribution is 2.44. The standard InChI is InChI=1S/C30H42N2O4S2/c1-9-22(37-20-12-10-11-19(16-20)31-24(33)17-29(2,3)4)26(34)32-27-25(28(35)36-8)21-14-13-18(30(5,6)7)15-23(21)38-27/h10-12,16,18,22H,9,13-15,17H2,1-8H3,(H,31,33)(H,32,34). The molecule has 1 heterocycles. The Hall–Kier alpha value is -2.32. The summed E-state index contributed by atoms with van der Waals surface area (Å²) in [6.07, 6.45) is 3.77. The predicted molar refractivity (Wildman–Crippen MR) is 158 cm³/mol. The molecule has 3 rings (SSSR count). The highest BCUT2D eigenvalue weighted by Gasteiger charge is 2.35. The predicted octanol–water partition coefficient (Wildman–Crippen LogP) is 7.57. The van der Waals surface area contributed by atoms with Crippen LogP contribution in [0.15, 0.2) is 29.2 Å². The Morgan fingerprint density at radius 1 is 1.13 bits per heavy atom. The van der Waals surface area contributed by atoms with Gasteiger partial charge < -0.3 is 15.4 Å². The summed E-state index contributed by atoms with van der Waals surface area (Å²) in [5.74, 6) is -0.0462. The second-order valence-electron chi connectivity index (χ2n) is 12.3. The molecular formula is C30H42N2O4S2. The number of carbonyl (C=O) groups is 3. The van der Waals surface area contributed by atoms with Crippen LogP contribution >= 0.6 is 23.1 Å². The van der Waals surface area contributed by atoms with Gasteiger partial charge in [-0.1, -0.05) is 54.5 Å². The minimum Gasteiger partial charge on any atom is -0.465 e. The SMILES string of the molecule is CCC(Sc1cccc(NC(=O)CC(C)(C)C)c1)C(=O)Nc1sc2c(c1C(=O)OC)CCC(C(C)(C)C)C2. The number of carbonyl (C=O) groups excluding carboxylic acids is 3. The lowest BCUT2D eigenvalue weighted by Crippen LogP contribution is -2.27. The molecule has 0 radical (unpaired) electrons. The van der Waals surface area contributed by atoms with Gasteiger partial charge in [0.2, 0.25) is 11.8 Å².